The number of hydrogen-bond acceptors (Lipinski definition) is 4. The molecule has 0 saturated heterocycles. The highest BCUT2D eigenvalue weighted by atomic mass is 79.9. The van der Waals surface area contributed by atoms with E-state index in [-0.39, 0.29) is 11.9 Å². The summed E-state index contributed by atoms with van der Waals surface area (Å²) in [6.45, 7) is 4.33. The van der Waals surface area contributed by atoms with E-state index in [1.165, 1.54) is 16.2 Å². The van der Waals surface area contributed by atoms with Crippen LogP contribution in [0.3, 0.4) is 0 Å². The summed E-state index contributed by atoms with van der Waals surface area (Å²) in [6, 6.07) is 7.14. The van der Waals surface area contributed by atoms with Gasteiger partial charge in [0.1, 0.15) is 5.00 Å². The van der Waals surface area contributed by atoms with Crippen molar-refractivity contribution in [2.45, 2.75) is 33.1 Å². The second kappa shape index (κ2) is 7.70. The molecule has 1 heterocycles. The Labute approximate surface area is 159 Å². The predicted octanol–water partition coefficient (Wildman–Crippen LogP) is 5.06. The van der Waals surface area contributed by atoms with Crippen molar-refractivity contribution in [3.05, 3.63) is 50.3 Å². The Morgan fingerprint density at radius 2 is 2.04 bits per heavy atom. The molecule has 0 saturated carbocycles. The Bertz CT molecular complexity index is 798. The molecule has 1 N–H and O–H groups in total. The number of carbonyl (C=O) groups excluding carboxylic acids is 2. The second-order valence-electron chi connectivity index (χ2n) is 6.24. The summed E-state index contributed by atoms with van der Waals surface area (Å²) in [5, 5.41) is 3.52. The highest BCUT2D eigenvalue weighted by Crippen LogP contribution is 2.40. The van der Waals surface area contributed by atoms with Crippen molar-refractivity contribution in [3.63, 3.8) is 0 Å². The lowest BCUT2D eigenvalue weighted by Crippen LogP contribution is -2.16. The maximum absolute atomic E-state index is 12.6. The zero-order valence-corrected chi connectivity index (χ0v) is 16.6. The van der Waals surface area contributed by atoms with Crippen LogP contribution in [0.4, 0.5) is 5.00 Å². The number of benzene rings is 1. The van der Waals surface area contributed by atoms with Crippen molar-refractivity contribution in [2.75, 3.05) is 11.9 Å². The van der Waals surface area contributed by atoms with Gasteiger partial charge in [0.05, 0.1) is 12.2 Å². The first-order valence-corrected chi connectivity index (χ1v) is 9.99. The largest absolute Gasteiger partial charge is 0.462 e. The SMILES string of the molecule is CCOC(=O)c1c(NC(=O)c2ccc(Br)cc2)sc2c1CCC(C)C2. The zero-order valence-electron chi connectivity index (χ0n) is 14.2. The van der Waals surface area contributed by atoms with E-state index < -0.39 is 0 Å². The molecule has 1 aliphatic rings. The summed E-state index contributed by atoms with van der Waals surface area (Å²) in [7, 11) is 0. The monoisotopic (exact) mass is 421 g/mol. The third-order valence-corrected chi connectivity index (χ3v) is 6.02. The van der Waals surface area contributed by atoms with Crippen molar-refractivity contribution >= 4 is 44.1 Å². The molecule has 1 aliphatic carbocycles. The van der Waals surface area contributed by atoms with Gasteiger partial charge in [-0.25, -0.2) is 4.79 Å². The number of hydrogen-bond donors (Lipinski definition) is 1. The van der Waals surface area contributed by atoms with Gasteiger partial charge in [0.25, 0.3) is 5.91 Å². The van der Waals surface area contributed by atoms with Gasteiger partial charge in [0.15, 0.2) is 0 Å². The fourth-order valence-corrected chi connectivity index (χ4v) is 4.69. The van der Waals surface area contributed by atoms with Crippen molar-refractivity contribution in [2.24, 2.45) is 5.92 Å². The van der Waals surface area contributed by atoms with Crippen molar-refractivity contribution < 1.29 is 14.3 Å². The Morgan fingerprint density at radius 3 is 2.72 bits per heavy atom. The quantitative estimate of drug-likeness (QED) is 0.701. The standard InChI is InChI=1S/C19H20BrNO3S/c1-3-24-19(23)16-14-9-4-11(2)10-15(14)25-18(16)21-17(22)12-5-7-13(20)8-6-12/h5-8,11H,3-4,9-10H2,1-2H3,(H,21,22). The number of rotatable bonds is 4. The van der Waals surface area contributed by atoms with E-state index in [2.05, 4.69) is 28.2 Å². The van der Waals surface area contributed by atoms with Crippen LogP contribution in [0.1, 0.15) is 51.4 Å². The third kappa shape index (κ3) is 3.96. The highest BCUT2D eigenvalue weighted by Gasteiger charge is 2.29. The molecule has 0 aliphatic heterocycles. The van der Waals surface area contributed by atoms with Gasteiger partial charge < -0.3 is 10.1 Å². The molecule has 0 radical (unpaired) electrons. The van der Waals surface area contributed by atoms with E-state index >= 15 is 0 Å². The van der Waals surface area contributed by atoms with Crippen molar-refractivity contribution in [1.82, 2.24) is 0 Å². The van der Waals surface area contributed by atoms with Crippen LogP contribution in [0.25, 0.3) is 0 Å². The summed E-state index contributed by atoms with van der Waals surface area (Å²) in [4.78, 5) is 26.2. The molecule has 1 atom stereocenters. The van der Waals surface area contributed by atoms with Gasteiger partial charge in [-0.05, 0) is 61.9 Å². The van der Waals surface area contributed by atoms with Crippen LogP contribution >= 0.6 is 27.3 Å². The van der Waals surface area contributed by atoms with E-state index in [0.717, 1.165) is 29.3 Å². The number of anilines is 1. The van der Waals surface area contributed by atoms with Gasteiger partial charge >= 0.3 is 5.97 Å². The number of halogens is 1. The molecule has 4 nitrogen and oxygen atoms in total. The second-order valence-corrected chi connectivity index (χ2v) is 8.26. The Hall–Kier alpha value is -1.66. The minimum atomic E-state index is -0.347. The van der Waals surface area contributed by atoms with Crippen LogP contribution < -0.4 is 5.32 Å². The number of carbonyl (C=O) groups is 2. The van der Waals surface area contributed by atoms with E-state index in [9.17, 15) is 9.59 Å². The molecule has 3 rings (SSSR count). The van der Waals surface area contributed by atoms with Crippen molar-refractivity contribution in [3.8, 4) is 0 Å². The highest BCUT2D eigenvalue weighted by molar-refractivity contribution is 9.10. The van der Waals surface area contributed by atoms with E-state index in [1.54, 1.807) is 19.1 Å². The van der Waals surface area contributed by atoms with Crippen LogP contribution in [0.5, 0.6) is 0 Å². The summed E-state index contributed by atoms with van der Waals surface area (Å²) in [5.41, 5.74) is 2.14. The van der Waals surface area contributed by atoms with Gasteiger partial charge in [0.2, 0.25) is 0 Å². The lowest BCUT2D eigenvalue weighted by atomic mass is 9.88. The lowest BCUT2D eigenvalue weighted by molar-refractivity contribution is 0.0526. The molecule has 1 aromatic carbocycles. The molecule has 1 amide bonds. The molecular formula is C19H20BrNO3S. The van der Waals surface area contributed by atoms with Crippen LogP contribution in [0.15, 0.2) is 28.7 Å². The third-order valence-electron chi connectivity index (χ3n) is 4.32. The van der Waals surface area contributed by atoms with Gasteiger partial charge in [-0.2, -0.15) is 0 Å². The molecule has 0 bridgehead atoms. The molecule has 1 unspecified atom stereocenters. The fourth-order valence-electron chi connectivity index (χ4n) is 3.03. The van der Waals surface area contributed by atoms with Crippen LogP contribution in [-0.4, -0.2) is 18.5 Å². The molecule has 25 heavy (non-hydrogen) atoms. The number of esters is 1. The number of fused-ring (bicyclic) bond motifs is 1. The first-order valence-electron chi connectivity index (χ1n) is 8.38. The van der Waals surface area contributed by atoms with Crippen LogP contribution in [-0.2, 0) is 17.6 Å². The van der Waals surface area contributed by atoms with Crippen LogP contribution in [0.2, 0.25) is 0 Å². The normalized spacial score (nSPS) is 16.2. The zero-order chi connectivity index (χ0) is 18.0. The Morgan fingerprint density at radius 1 is 1.32 bits per heavy atom. The number of thiophene rings is 1. The molecule has 1 aromatic heterocycles. The molecule has 6 heteroatoms. The summed E-state index contributed by atoms with van der Waals surface area (Å²) in [6.07, 6.45) is 2.85. The molecule has 132 valence electrons. The first-order chi connectivity index (χ1) is 12.0. The fraction of sp³-hybridized carbons (Fsp3) is 0.368. The lowest BCUT2D eigenvalue weighted by Gasteiger charge is -2.18. The summed E-state index contributed by atoms with van der Waals surface area (Å²) in [5.74, 6) is 0.0292. The Balaban J connectivity index is 1.93. The average Bonchev–Trinajstić information content (AvgIpc) is 2.92. The first kappa shape index (κ1) is 18.1. The predicted molar refractivity (Wildman–Crippen MR) is 104 cm³/mol. The minimum Gasteiger partial charge on any atom is -0.462 e. The average molecular weight is 422 g/mol. The molecule has 2 aromatic rings. The summed E-state index contributed by atoms with van der Waals surface area (Å²) >= 11 is 4.87. The Kier molecular flexibility index (Phi) is 5.59. The minimum absolute atomic E-state index is 0.218. The maximum atomic E-state index is 12.6. The van der Waals surface area contributed by atoms with Gasteiger partial charge in [-0.1, -0.05) is 22.9 Å². The molecule has 0 spiro atoms. The number of nitrogens with one attached hydrogen (secondary N) is 1. The number of ether oxygens (including phenoxy) is 1. The maximum Gasteiger partial charge on any atom is 0.341 e. The van der Waals surface area contributed by atoms with E-state index in [0.29, 0.717) is 28.7 Å². The topological polar surface area (TPSA) is 55.4 Å². The van der Waals surface area contributed by atoms with Gasteiger partial charge in [-0.3, -0.25) is 4.79 Å². The van der Waals surface area contributed by atoms with E-state index in [1.807, 2.05) is 12.1 Å². The van der Waals surface area contributed by atoms with Crippen molar-refractivity contribution in [1.29, 1.82) is 0 Å². The smallest absolute Gasteiger partial charge is 0.341 e. The van der Waals surface area contributed by atoms with Gasteiger partial charge in [0, 0.05) is 14.9 Å². The summed E-state index contributed by atoms with van der Waals surface area (Å²) < 4.78 is 6.15. The molecule has 0 fully saturated rings. The van der Waals surface area contributed by atoms with Crippen LogP contribution in [0, 0.1) is 5.92 Å². The van der Waals surface area contributed by atoms with E-state index in [4.69, 9.17) is 4.74 Å². The number of amides is 1. The molecular weight excluding hydrogens is 402 g/mol. The van der Waals surface area contributed by atoms with Gasteiger partial charge in [-0.15, -0.1) is 11.3 Å².